The largest absolute Gasteiger partial charge is 0.493 e. The first-order valence-corrected chi connectivity index (χ1v) is 8.78. The number of hydrogen-bond acceptors (Lipinski definition) is 3. The van der Waals surface area contributed by atoms with Gasteiger partial charge in [-0.2, -0.15) is 0 Å². The standard InChI is InChI=1S/C21H28N2O2/c1-15(2)14-25-19-12-8-7-11-18(19)13-23-21(24)16(3)20(22)17-9-5-4-6-10-17/h4-12,15-16,20H,13-14,22H2,1-3H3,(H,23,24). The number of carbonyl (C=O) groups excluding carboxylic acids is 1. The van der Waals surface area contributed by atoms with Crippen molar-refractivity contribution in [2.45, 2.75) is 33.4 Å². The van der Waals surface area contributed by atoms with E-state index in [-0.39, 0.29) is 17.9 Å². The first kappa shape index (κ1) is 19.0. The lowest BCUT2D eigenvalue weighted by Gasteiger charge is -2.20. The van der Waals surface area contributed by atoms with E-state index in [0.29, 0.717) is 19.1 Å². The molecular formula is C21H28N2O2. The Kier molecular flexibility index (Phi) is 7.02. The van der Waals surface area contributed by atoms with Crippen LogP contribution in [0, 0.1) is 11.8 Å². The topological polar surface area (TPSA) is 64.3 Å². The van der Waals surface area contributed by atoms with Crippen LogP contribution in [0.3, 0.4) is 0 Å². The van der Waals surface area contributed by atoms with Gasteiger partial charge in [0.1, 0.15) is 5.75 Å². The Morgan fingerprint density at radius 3 is 2.36 bits per heavy atom. The highest BCUT2D eigenvalue weighted by molar-refractivity contribution is 5.79. The molecule has 1 amide bonds. The minimum absolute atomic E-state index is 0.0602. The zero-order chi connectivity index (χ0) is 18.2. The fraction of sp³-hybridized carbons (Fsp3) is 0.381. The number of para-hydroxylation sites is 1. The van der Waals surface area contributed by atoms with Crippen LogP contribution >= 0.6 is 0 Å². The lowest BCUT2D eigenvalue weighted by molar-refractivity contribution is -0.125. The maximum absolute atomic E-state index is 12.5. The normalized spacial score (nSPS) is 13.3. The number of nitrogens with one attached hydrogen (secondary N) is 1. The van der Waals surface area contributed by atoms with Gasteiger partial charge in [0.2, 0.25) is 5.91 Å². The SMILES string of the molecule is CC(C)COc1ccccc1CNC(=O)C(C)C(N)c1ccccc1. The van der Waals surface area contributed by atoms with E-state index in [1.165, 1.54) is 0 Å². The lowest BCUT2D eigenvalue weighted by atomic mass is 9.94. The molecule has 0 saturated heterocycles. The van der Waals surface area contributed by atoms with E-state index in [9.17, 15) is 4.79 Å². The van der Waals surface area contributed by atoms with Gasteiger partial charge >= 0.3 is 0 Å². The molecule has 0 aliphatic rings. The number of amides is 1. The van der Waals surface area contributed by atoms with Crippen LogP contribution in [0.4, 0.5) is 0 Å². The Labute approximate surface area is 150 Å². The van der Waals surface area contributed by atoms with Crippen LogP contribution in [-0.2, 0) is 11.3 Å². The van der Waals surface area contributed by atoms with E-state index in [0.717, 1.165) is 16.9 Å². The van der Waals surface area contributed by atoms with Crippen LogP contribution in [0.5, 0.6) is 5.75 Å². The first-order chi connectivity index (χ1) is 12.0. The smallest absolute Gasteiger partial charge is 0.225 e. The fourth-order valence-electron chi connectivity index (χ4n) is 2.52. The molecule has 0 heterocycles. The van der Waals surface area contributed by atoms with Crippen LogP contribution < -0.4 is 15.8 Å². The second-order valence-electron chi connectivity index (χ2n) is 6.76. The van der Waals surface area contributed by atoms with Crippen molar-refractivity contribution in [3.63, 3.8) is 0 Å². The molecule has 25 heavy (non-hydrogen) atoms. The van der Waals surface area contributed by atoms with Crippen molar-refractivity contribution in [1.82, 2.24) is 5.32 Å². The van der Waals surface area contributed by atoms with E-state index >= 15 is 0 Å². The first-order valence-electron chi connectivity index (χ1n) is 8.78. The molecule has 4 heteroatoms. The van der Waals surface area contributed by atoms with Crippen LogP contribution in [0.2, 0.25) is 0 Å². The van der Waals surface area contributed by atoms with E-state index in [4.69, 9.17) is 10.5 Å². The van der Waals surface area contributed by atoms with Gasteiger partial charge in [0, 0.05) is 18.2 Å². The molecule has 0 bridgehead atoms. The molecule has 0 saturated carbocycles. The zero-order valence-corrected chi connectivity index (χ0v) is 15.2. The van der Waals surface area contributed by atoms with E-state index in [1.54, 1.807) is 0 Å². The number of rotatable bonds is 8. The minimum Gasteiger partial charge on any atom is -0.493 e. The van der Waals surface area contributed by atoms with Gasteiger partial charge < -0.3 is 15.8 Å². The zero-order valence-electron chi connectivity index (χ0n) is 15.2. The molecule has 0 aliphatic carbocycles. The van der Waals surface area contributed by atoms with Crippen molar-refractivity contribution < 1.29 is 9.53 Å². The van der Waals surface area contributed by atoms with Gasteiger partial charge in [0.05, 0.1) is 12.5 Å². The molecule has 0 spiro atoms. The molecule has 134 valence electrons. The van der Waals surface area contributed by atoms with Crippen LogP contribution in [0.25, 0.3) is 0 Å². The van der Waals surface area contributed by atoms with Crippen molar-refractivity contribution in [2.75, 3.05) is 6.61 Å². The lowest BCUT2D eigenvalue weighted by Crippen LogP contribution is -2.35. The second kappa shape index (κ2) is 9.23. The summed E-state index contributed by atoms with van der Waals surface area (Å²) in [7, 11) is 0. The van der Waals surface area contributed by atoms with E-state index < -0.39 is 0 Å². The average Bonchev–Trinajstić information content (AvgIpc) is 2.64. The molecule has 0 fully saturated rings. The van der Waals surface area contributed by atoms with Gasteiger partial charge in [0.15, 0.2) is 0 Å². The third kappa shape index (κ3) is 5.61. The Bertz CT molecular complexity index is 671. The average molecular weight is 340 g/mol. The minimum atomic E-state index is -0.325. The second-order valence-corrected chi connectivity index (χ2v) is 6.76. The Morgan fingerprint density at radius 2 is 1.68 bits per heavy atom. The van der Waals surface area contributed by atoms with Gasteiger partial charge in [-0.05, 0) is 17.5 Å². The maximum atomic E-state index is 12.5. The third-order valence-corrected chi connectivity index (χ3v) is 4.13. The van der Waals surface area contributed by atoms with Gasteiger partial charge in [0.25, 0.3) is 0 Å². The molecule has 2 aromatic rings. The van der Waals surface area contributed by atoms with Crippen LogP contribution in [0.1, 0.15) is 37.9 Å². The van der Waals surface area contributed by atoms with Crippen molar-refractivity contribution in [1.29, 1.82) is 0 Å². The molecule has 0 aromatic heterocycles. The number of carbonyl (C=O) groups is 1. The highest BCUT2D eigenvalue weighted by atomic mass is 16.5. The highest BCUT2D eigenvalue weighted by Crippen LogP contribution is 2.21. The monoisotopic (exact) mass is 340 g/mol. The van der Waals surface area contributed by atoms with E-state index in [2.05, 4.69) is 19.2 Å². The van der Waals surface area contributed by atoms with E-state index in [1.807, 2.05) is 61.5 Å². The number of ether oxygens (including phenoxy) is 1. The Balaban J connectivity index is 1.95. The van der Waals surface area contributed by atoms with Crippen molar-refractivity contribution in [3.05, 3.63) is 65.7 Å². The van der Waals surface area contributed by atoms with Crippen LogP contribution in [0.15, 0.2) is 54.6 Å². The Hall–Kier alpha value is -2.33. The maximum Gasteiger partial charge on any atom is 0.225 e. The van der Waals surface area contributed by atoms with Crippen LogP contribution in [-0.4, -0.2) is 12.5 Å². The van der Waals surface area contributed by atoms with Gasteiger partial charge in [-0.1, -0.05) is 69.3 Å². The molecule has 0 aliphatic heterocycles. The fourth-order valence-corrected chi connectivity index (χ4v) is 2.52. The molecule has 4 nitrogen and oxygen atoms in total. The molecule has 2 unspecified atom stereocenters. The van der Waals surface area contributed by atoms with Crippen molar-refractivity contribution >= 4 is 5.91 Å². The number of nitrogens with two attached hydrogens (primary N) is 1. The molecule has 3 N–H and O–H groups in total. The predicted octanol–water partition coefficient (Wildman–Crippen LogP) is 3.67. The summed E-state index contributed by atoms with van der Waals surface area (Å²) in [5, 5.41) is 2.98. The summed E-state index contributed by atoms with van der Waals surface area (Å²) in [6.45, 7) is 7.15. The number of benzene rings is 2. The summed E-state index contributed by atoms with van der Waals surface area (Å²) in [5.41, 5.74) is 8.17. The molecule has 2 aromatic carbocycles. The summed E-state index contributed by atoms with van der Waals surface area (Å²) in [6.07, 6.45) is 0. The molecular weight excluding hydrogens is 312 g/mol. The van der Waals surface area contributed by atoms with Crippen molar-refractivity contribution in [2.24, 2.45) is 17.6 Å². The predicted molar refractivity (Wildman–Crippen MR) is 101 cm³/mol. The quantitative estimate of drug-likeness (QED) is 0.770. The number of hydrogen-bond donors (Lipinski definition) is 2. The highest BCUT2D eigenvalue weighted by Gasteiger charge is 2.22. The summed E-state index contributed by atoms with van der Waals surface area (Å²) < 4.78 is 5.83. The van der Waals surface area contributed by atoms with Gasteiger partial charge in [-0.3, -0.25) is 4.79 Å². The summed E-state index contributed by atoms with van der Waals surface area (Å²) in [6, 6.07) is 17.2. The van der Waals surface area contributed by atoms with Crippen molar-refractivity contribution in [3.8, 4) is 5.75 Å². The van der Waals surface area contributed by atoms with Gasteiger partial charge in [-0.15, -0.1) is 0 Å². The molecule has 2 atom stereocenters. The van der Waals surface area contributed by atoms with Gasteiger partial charge in [-0.25, -0.2) is 0 Å². The Morgan fingerprint density at radius 1 is 1.04 bits per heavy atom. The molecule has 0 radical (unpaired) electrons. The summed E-state index contributed by atoms with van der Waals surface area (Å²) >= 11 is 0. The third-order valence-electron chi connectivity index (χ3n) is 4.13. The molecule has 2 rings (SSSR count). The summed E-state index contributed by atoms with van der Waals surface area (Å²) in [4.78, 5) is 12.5. The summed E-state index contributed by atoms with van der Waals surface area (Å²) in [5.74, 6) is 0.893.